The van der Waals surface area contributed by atoms with Crippen molar-refractivity contribution < 1.29 is 18.3 Å². The first-order valence-corrected chi connectivity index (χ1v) is 11.6. The van der Waals surface area contributed by atoms with E-state index < -0.39 is 23.4 Å². The highest BCUT2D eigenvalue weighted by Gasteiger charge is 2.43. The van der Waals surface area contributed by atoms with E-state index in [1.165, 1.54) is 44.6 Å². The Kier molecular flexibility index (Phi) is 6.41. The largest absolute Gasteiger partial charge is 0.423 e. The summed E-state index contributed by atoms with van der Waals surface area (Å²) in [5.41, 5.74) is -0.388. The predicted octanol–water partition coefficient (Wildman–Crippen LogP) is 6.40. The standard InChI is InChI=1S/C25H31F2NO2/c1-15-5-7-16(8-6-15)17-9-11-20-18(13-17)3-2-4-21(20)25(29)30-22-12-10-19(14-28)23(26)24(22)27/h10,12,15-18,20-21H,2-9,11,13H2,1H3. The van der Waals surface area contributed by atoms with E-state index in [1.807, 2.05) is 0 Å². The molecule has 0 heterocycles. The molecule has 0 amide bonds. The van der Waals surface area contributed by atoms with Gasteiger partial charge in [-0.05, 0) is 80.2 Å². The molecule has 1 aromatic rings. The summed E-state index contributed by atoms with van der Waals surface area (Å²) >= 11 is 0. The normalized spacial score (nSPS) is 33.9. The first-order valence-electron chi connectivity index (χ1n) is 11.6. The van der Waals surface area contributed by atoms with Crippen LogP contribution in [0, 0.1) is 58.5 Å². The molecule has 0 spiro atoms. The van der Waals surface area contributed by atoms with Crippen LogP contribution >= 0.6 is 0 Å². The number of hydrogen-bond donors (Lipinski definition) is 0. The minimum atomic E-state index is -1.26. The van der Waals surface area contributed by atoms with Gasteiger partial charge in [-0.2, -0.15) is 9.65 Å². The van der Waals surface area contributed by atoms with Crippen LogP contribution in [0.4, 0.5) is 8.78 Å². The molecule has 4 rings (SSSR count). The number of ether oxygens (including phenoxy) is 1. The van der Waals surface area contributed by atoms with Gasteiger partial charge < -0.3 is 4.74 Å². The summed E-state index contributed by atoms with van der Waals surface area (Å²) in [6.45, 7) is 2.35. The molecule has 5 heteroatoms. The molecule has 0 aromatic heterocycles. The van der Waals surface area contributed by atoms with Crippen LogP contribution in [0.3, 0.4) is 0 Å². The van der Waals surface area contributed by atoms with Crippen molar-refractivity contribution in [2.45, 2.75) is 71.1 Å². The molecule has 0 bridgehead atoms. The van der Waals surface area contributed by atoms with Gasteiger partial charge in [0.15, 0.2) is 11.6 Å². The van der Waals surface area contributed by atoms with Gasteiger partial charge in [-0.1, -0.05) is 32.6 Å². The van der Waals surface area contributed by atoms with E-state index in [9.17, 15) is 13.6 Å². The Morgan fingerprint density at radius 2 is 1.70 bits per heavy atom. The molecule has 0 N–H and O–H groups in total. The predicted molar refractivity (Wildman–Crippen MR) is 109 cm³/mol. The minimum absolute atomic E-state index is 0.241. The summed E-state index contributed by atoms with van der Waals surface area (Å²) < 4.78 is 33.4. The molecule has 0 radical (unpaired) electrons. The third-order valence-corrected chi connectivity index (χ3v) is 8.10. The maximum atomic E-state index is 14.2. The van der Waals surface area contributed by atoms with Crippen LogP contribution in [0.5, 0.6) is 5.75 Å². The number of carbonyl (C=O) groups is 1. The first-order chi connectivity index (χ1) is 14.5. The molecule has 4 unspecified atom stereocenters. The zero-order valence-electron chi connectivity index (χ0n) is 17.7. The van der Waals surface area contributed by atoms with Crippen molar-refractivity contribution in [3.63, 3.8) is 0 Å². The summed E-state index contributed by atoms with van der Waals surface area (Å²) in [5.74, 6) is -0.317. The average Bonchev–Trinajstić information content (AvgIpc) is 2.76. The Balaban J connectivity index is 1.41. The molecule has 3 saturated carbocycles. The molecule has 162 valence electrons. The Morgan fingerprint density at radius 1 is 0.967 bits per heavy atom. The molecular weight excluding hydrogens is 384 g/mol. The smallest absolute Gasteiger partial charge is 0.314 e. The number of benzene rings is 1. The van der Waals surface area contributed by atoms with Gasteiger partial charge in [0.05, 0.1) is 11.5 Å². The SMILES string of the molecule is CC1CCC(C2CCC3C(CCCC3C(=O)Oc3ccc(C#N)c(F)c3F)C2)CC1. The van der Waals surface area contributed by atoms with Gasteiger partial charge in [0.1, 0.15) is 6.07 Å². The lowest BCUT2D eigenvalue weighted by Crippen LogP contribution is -2.40. The van der Waals surface area contributed by atoms with E-state index in [0.29, 0.717) is 5.92 Å². The van der Waals surface area contributed by atoms with Crippen LogP contribution in [0.25, 0.3) is 0 Å². The molecule has 1 aromatic carbocycles. The van der Waals surface area contributed by atoms with Crippen LogP contribution < -0.4 is 4.74 Å². The van der Waals surface area contributed by atoms with E-state index in [-0.39, 0.29) is 17.4 Å². The van der Waals surface area contributed by atoms with E-state index in [4.69, 9.17) is 10.00 Å². The number of carbonyl (C=O) groups excluding carboxylic acids is 1. The van der Waals surface area contributed by atoms with Crippen LogP contribution in [0.1, 0.15) is 76.7 Å². The quantitative estimate of drug-likeness (QED) is 0.424. The summed E-state index contributed by atoms with van der Waals surface area (Å²) in [6.07, 6.45) is 11.7. The highest BCUT2D eigenvalue weighted by Crippen LogP contribution is 2.50. The minimum Gasteiger partial charge on any atom is -0.423 e. The average molecular weight is 416 g/mol. The van der Waals surface area contributed by atoms with Crippen molar-refractivity contribution in [1.29, 1.82) is 5.26 Å². The van der Waals surface area contributed by atoms with Crippen molar-refractivity contribution in [3.8, 4) is 11.8 Å². The molecule has 3 aliphatic carbocycles. The van der Waals surface area contributed by atoms with Crippen LogP contribution in [0.2, 0.25) is 0 Å². The zero-order chi connectivity index (χ0) is 21.3. The molecule has 0 saturated heterocycles. The fraction of sp³-hybridized carbons (Fsp3) is 0.680. The Labute approximate surface area is 177 Å². The molecular formula is C25H31F2NO2. The number of rotatable bonds is 3. The lowest BCUT2D eigenvalue weighted by atomic mass is 9.59. The molecule has 30 heavy (non-hydrogen) atoms. The highest BCUT2D eigenvalue weighted by atomic mass is 19.2. The fourth-order valence-corrected chi connectivity index (χ4v) is 6.36. The van der Waals surface area contributed by atoms with E-state index in [2.05, 4.69) is 6.92 Å². The van der Waals surface area contributed by atoms with Crippen LogP contribution in [0.15, 0.2) is 12.1 Å². The highest BCUT2D eigenvalue weighted by molar-refractivity contribution is 5.75. The Hall–Kier alpha value is -1.96. The zero-order valence-corrected chi connectivity index (χ0v) is 17.7. The van der Waals surface area contributed by atoms with Gasteiger partial charge in [-0.3, -0.25) is 4.79 Å². The number of esters is 1. The van der Waals surface area contributed by atoms with Gasteiger partial charge in [0.25, 0.3) is 0 Å². The second-order valence-corrected chi connectivity index (χ2v) is 9.83. The van der Waals surface area contributed by atoms with Crippen molar-refractivity contribution in [2.75, 3.05) is 0 Å². The lowest BCUT2D eigenvalue weighted by molar-refractivity contribution is -0.144. The third kappa shape index (κ3) is 4.24. The van der Waals surface area contributed by atoms with Crippen molar-refractivity contribution in [3.05, 3.63) is 29.3 Å². The monoisotopic (exact) mass is 415 g/mol. The maximum absolute atomic E-state index is 14.2. The number of hydrogen-bond acceptors (Lipinski definition) is 3. The van der Waals surface area contributed by atoms with E-state index in [0.717, 1.165) is 49.5 Å². The summed E-state index contributed by atoms with van der Waals surface area (Å²) in [7, 11) is 0. The first kappa shape index (κ1) is 21.3. The number of halogens is 2. The van der Waals surface area contributed by atoms with Gasteiger partial charge in [-0.15, -0.1) is 0 Å². The van der Waals surface area contributed by atoms with Gasteiger partial charge >= 0.3 is 5.97 Å². The molecule has 3 aliphatic rings. The van der Waals surface area contributed by atoms with Crippen molar-refractivity contribution >= 4 is 5.97 Å². The van der Waals surface area contributed by atoms with Crippen molar-refractivity contribution in [2.24, 2.45) is 35.5 Å². The van der Waals surface area contributed by atoms with E-state index in [1.54, 1.807) is 6.07 Å². The number of nitriles is 1. The van der Waals surface area contributed by atoms with Gasteiger partial charge in [0, 0.05) is 0 Å². The van der Waals surface area contributed by atoms with Crippen LogP contribution in [-0.4, -0.2) is 5.97 Å². The Bertz CT molecular complexity index is 825. The molecule has 3 fully saturated rings. The number of nitrogens with zero attached hydrogens (tertiary/aromatic N) is 1. The summed E-state index contributed by atoms with van der Waals surface area (Å²) in [6, 6.07) is 3.93. The molecule has 4 atom stereocenters. The van der Waals surface area contributed by atoms with Crippen LogP contribution in [-0.2, 0) is 4.79 Å². The van der Waals surface area contributed by atoms with Gasteiger partial charge in [-0.25, -0.2) is 4.39 Å². The van der Waals surface area contributed by atoms with Gasteiger partial charge in [0.2, 0.25) is 5.82 Å². The summed E-state index contributed by atoms with van der Waals surface area (Å²) in [5, 5.41) is 8.81. The lowest BCUT2D eigenvalue weighted by Gasteiger charge is -2.45. The number of fused-ring (bicyclic) bond motifs is 1. The maximum Gasteiger partial charge on any atom is 0.314 e. The molecule has 3 nitrogen and oxygen atoms in total. The molecule has 0 aliphatic heterocycles. The summed E-state index contributed by atoms with van der Waals surface area (Å²) in [4.78, 5) is 12.9. The van der Waals surface area contributed by atoms with E-state index >= 15 is 0 Å². The second kappa shape index (κ2) is 9.04. The second-order valence-electron chi connectivity index (χ2n) is 9.83. The fourth-order valence-electron chi connectivity index (χ4n) is 6.36. The topological polar surface area (TPSA) is 50.1 Å². The Morgan fingerprint density at radius 3 is 2.43 bits per heavy atom. The third-order valence-electron chi connectivity index (χ3n) is 8.10. The van der Waals surface area contributed by atoms with Crippen molar-refractivity contribution in [1.82, 2.24) is 0 Å².